The lowest BCUT2D eigenvalue weighted by molar-refractivity contribution is -0.118. The van der Waals surface area contributed by atoms with E-state index in [4.69, 9.17) is 4.74 Å². The first-order valence-corrected chi connectivity index (χ1v) is 8.97. The Morgan fingerprint density at radius 2 is 1.70 bits per heavy atom. The van der Waals surface area contributed by atoms with Gasteiger partial charge in [0.2, 0.25) is 0 Å². The Bertz CT molecular complexity index is 635. The molecule has 0 N–H and O–H groups in total. The van der Waals surface area contributed by atoms with Crippen molar-refractivity contribution in [2.24, 2.45) is 5.41 Å². The minimum absolute atomic E-state index is 0.236. The Morgan fingerprint density at radius 3 is 2.39 bits per heavy atom. The summed E-state index contributed by atoms with van der Waals surface area (Å²) >= 11 is 1.36. The van der Waals surface area contributed by atoms with E-state index in [0.29, 0.717) is 12.4 Å². The molecule has 0 spiro atoms. The normalized spacial score (nSPS) is 11.3. The third kappa shape index (κ3) is 4.87. The van der Waals surface area contributed by atoms with Crippen molar-refractivity contribution in [2.45, 2.75) is 27.2 Å². The van der Waals surface area contributed by atoms with E-state index in [9.17, 15) is 4.79 Å². The van der Waals surface area contributed by atoms with Gasteiger partial charge in [0, 0.05) is 16.7 Å². The molecule has 0 amide bonds. The van der Waals surface area contributed by atoms with Crippen molar-refractivity contribution in [2.75, 3.05) is 12.4 Å². The number of ether oxygens (including phenoxy) is 1. The molecule has 3 heteroatoms. The predicted molar refractivity (Wildman–Crippen MR) is 98.9 cm³/mol. The van der Waals surface area contributed by atoms with Crippen LogP contribution >= 0.6 is 11.8 Å². The lowest BCUT2D eigenvalue weighted by Crippen LogP contribution is -2.21. The molecule has 0 aromatic heterocycles. The minimum Gasteiger partial charge on any atom is -0.492 e. The third-order valence-electron chi connectivity index (χ3n) is 3.98. The fourth-order valence-corrected chi connectivity index (χ4v) is 2.96. The molecule has 0 unspecified atom stereocenters. The van der Waals surface area contributed by atoms with Crippen LogP contribution in [0.3, 0.4) is 0 Å². The minimum atomic E-state index is -0.257. The van der Waals surface area contributed by atoms with Gasteiger partial charge in [0.1, 0.15) is 5.75 Å². The van der Waals surface area contributed by atoms with Crippen molar-refractivity contribution in [3.63, 3.8) is 0 Å². The van der Waals surface area contributed by atoms with Crippen LogP contribution in [0.2, 0.25) is 0 Å². The summed E-state index contributed by atoms with van der Waals surface area (Å²) in [6.07, 6.45) is 0.858. The van der Waals surface area contributed by atoms with Gasteiger partial charge in [0.25, 0.3) is 0 Å². The first-order chi connectivity index (χ1) is 11.0. The van der Waals surface area contributed by atoms with E-state index in [-0.39, 0.29) is 10.5 Å². The zero-order valence-corrected chi connectivity index (χ0v) is 14.9. The van der Waals surface area contributed by atoms with E-state index >= 15 is 0 Å². The number of benzene rings is 2. The molecule has 2 nitrogen and oxygen atoms in total. The highest BCUT2D eigenvalue weighted by Gasteiger charge is 2.25. The molecule has 2 rings (SSSR count). The van der Waals surface area contributed by atoms with Gasteiger partial charge >= 0.3 is 0 Å². The summed E-state index contributed by atoms with van der Waals surface area (Å²) in [5.74, 6) is 1.53. The molecule has 23 heavy (non-hydrogen) atoms. The standard InChI is InChI=1S/C20H24O2S/c1-4-20(2,3)19(21)23-15-14-22-18-13-9-8-12-17(18)16-10-6-5-7-11-16/h5-13H,4,14-15H2,1-3H3. The summed E-state index contributed by atoms with van der Waals surface area (Å²) in [4.78, 5) is 12.1. The van der Waals surface area contributed by atoms with E-state index in [1.807, 2.05) is 57.2 Å². The second kappa shape index (κ2) is 8.21. The molecule has 0 fully saturated rings. The van der Waals surface area contributed by atoms with Crippen LogP contribution in [0.15, 0.2) is 54.6 Å². The van der Waals surface area contributed by atoms with Gasteiger partial charge in [-0.2, -0.15) is 0 Å². The Labute approximate surface area is 143 Å². The molecule has 122 valence electrons. The molecule has 0 heterocycles. The van der Waals surface area contributed by atoms with Gasteiger partial charge in [-0.3, -0.25) is 4.79 Å². The Kier molecular flexibility index (Phi) is 6.28. The van der Waals surface area contributed by atoms with E-state index in [0.717, 1.165) is 23.3 Å². The topological polar surface area (TPSA) is 26.3 Å². The second-order valence-electron chi connectivity index (χ2n) is 6.08. The van der Waals surface area contributed by atoms with Gasteiger partial charge in [-0.25, -0.2) is 0 Å². The highest BCUT2D eigenvalue weighted by atomic mass is 32.2. The van der Waals surface area contributed by atoms with Gasteiger partial charge < -0.3 is 4.74 Å². The molecule has 0 atom stereocenters. The van der Waals surface area contributed by atoms with Gasteiger partial charge in [-0.1, -0.05) is 81.1 Å². The first kappa shape index (κ1) is 17.6. The van der Waals surface area contributed by atoms with Crippen LogP contribution < -0.4 is 4.74 Å². The first-order valence-electron chi connectivity index (χ1n) is 7.99. The molecule has 0 aliphatic rings. The molecule has 0 radical (unpaired) electrons. The summed E-state index contributed by atoms with van der Waals surface area (Å²) in [5, 5.41) is 0.236. The summed E-state index contributed by atoms with van der Waals surface area (Å²) in [5.41, 5.74) is 1.96. The lowest BCUT2D eigenvalue weighted by Gasteiger charge is -2.20. The number of carbonyl (C=O) groups is 1. The average molecular weight is 328 g/mol. The lowest BCUT2D eigenvalue weighted by atomic mass is 9.92. The van der Waals surface area contributed by atoms with Crippen LogP contribution in [0.5, 0.6) is 5.75 Å². The molecule has 2 aromatic carbocycles. The smallest absolute Gasteiger partial charge is 0.194 e. The summed E-state index contributed by atoms with van der Waals surface area (Å²) in [6.45, 7) is 6.56. The third-order valence-corrected chi connectivity index (χ3v) is 5.17. The number of rotatable bonds is 7. The number of thioether (sulfide) groups is 1. The largest absolute Gasteiger partial charge is 0.492 e. The van der Waals surface area contributed by atoms with Crippen LogP contribution in [0, 0.1) is 5.41 Å². The summed E-state index contributed by atoms with van der Waals surface area (Å²) < 4.78 is 5.92. The molecule has 0 aliphatic carbocycles. The fraction of sp³-hybridized carbons (Fsp3) is 0.350. The maximum atomic E-state index is 12.1. The molecule has 2 aromatic rings. The number of hydrogen-bond acceptors (Lipinski definition) is 3. The average Bonchev–Trinajstić information content (AvgIpc) is 2.59. The zero-order valence-electron chi connectivity index (χ0n) is 14.0. The van der Waals surface area contributed by atoms with Crippen LogP contribution in [0.1, 0.15) is 27.2 Å². The van der Waals surface area contributed by atoms with Crippen LogP contribution in [-0.2, 0) is 4.79 Å². The van der Waals surface area contributed by atoms with Crippen LogP contribution in [0.25, 0.3) is 11.1 Å². The monoisotopic (exact) mass is 328 g/mol. The van der Waals surface area contributed by atoms with Crippen molar-refractivity contribution in [1.82, 2.24) is 0 Å². The Hall–Kier alpha value is -1.74. The van der Waals surface area contributed by atoms with Crippen molar-refractivity contribution >= 4 is 16.9 Å². The predicted octanol–water partition coefficient (Wildman–Crippen LogP) is 5.43. The molecule has 0 bridgehead atoms. The van der Waals surface area contributed by atoms with E-state index in [1.165, 1.54) is 11.8 Å². The summed E-state index contributed by atoms with van der Waals surface area (Å²) in [6, 6.07) is 18.2. The zero-order chi connectivity index (χ0) is 16.7. The van der Waals surface area contributed by atoms with Crippen molar-refractivity contribution < 1.29 is 9.53 Å². The van der Waals surface area contributed by atoms with Crippen molar-refractivity contribution in [3.05, 3.63) is 54.6 Å². The number of carbonyl (C=O) groups excluding carboxylic acids is 1. The van der Waals surface area contributed by atoms with Gasteiger partial charge in [-0.15, -0.1) is 0 Å². The maximum absolute atomic E-state index is 12.1. The maximum Gasteiger partial charge on any atom is 0.194 e. The highest BCUT2D eigenvalue weighted by Crippen LogP contribution is 2.30. The SMILES string of the molecule is CCC(C)(C)C(=O)SCCOc1ccccc1-c1ccccc1. The van der Waals surface area contributed by atoms with Crippen molar-refractivity contribution in [1.29, 1.82) is 0 Å². The molecule has 0 aliphatic heterocycles. The quantitative estimate of drug-likeness (QED) is 0.634. The van der Waals surface area contributed by atoms with E-state index < -0.39 is 0 Å². The molecular formula is C20H24O2S. The van der Waals surface area contributed by atoms with Crippen LogP contribution in [-0.4, -0.2) is 17.5 Å². The number of hydrogen-bond donors (Lipinski definition) is 0. The van der Waals surface area contributed by atoms with E-state index in [2.05, 4.69) is 18.2 Å². The highest BCUT2D eigenvalue weighted by molar-refractivity contribution is 8.13. The second-order valence-corrected chi connectivity index (χ2v) is 7.15. The number of para-hydroxylation sites is 1. The van der Waals surface area contributed by atoms with Crippen LogP contribution in [0.4, 0.5) is 0 Å². The molecule has 0 saturated heterocycles. The van der Waals surface area contributed by atoms with Gasteiger partial charge in [0.05, 0.1) is 6.61 Å². The van der Waals surface area contributed by atoms with Crippen molar-refractivity contribution in [3.8, 4) is 16.9 Å². The molecule has 0 saturated carbocycles. The summed E-state index contributed by atoms with van der Waals surface area (Å²) in [7, 11) is 0. The van der Waals surface area contributed by atoms with Gasteiger partial charge in [-0.05, 0) is 18.1 Å². The Morgan fingerprint density at radius 1 is 1.04 bits per heavy atom. The Balaban J connectivity index is 1.94. The van der Waals surface area contributed by atoms with Gasteiger partial charge in [0.15, 0.2) is 5.12 Å². The van der Waals surface area contributed by atoms with E-state index in [1.54, 1.807) is 0 Å². The fourth-order valence-electron chi connectivity index (χ4n) is 2.07. The molecular weight excluding hydrogens is 304 g/mol.